The highest BCUT2D eigenvalue weighted by Crippen LogP contribution is 2.26. The third kappa shape index (κ3) is 3.44. The van der Waals surface area contributed by atoms with Crippen molar-refractivity contribution in [3.05, 3.63) is 29.1 Å². The van der Waals surface area contributed by atoms with Gasteiger partial charge in [-0.15, -0.1) is 0 Å². The first-order chi connectivity index (χ1) is 11.6. The molecule has 3 heterocycles. The van der Waals surface area contributed by atoms with E-state index in [1.807, 2.05) is 31.5 Å². The minimum absolute atomic E-state index is 0.156. The summed E-state index contributed by atoms with van der Waals surface area (Å²) < 4.78 is 7.25. The number of hydrogen-bond acceptors (Lipinski definition) is 7. The van der Waals surface area contributed by atoms with Crippen LogP contribution in [0, 0.1) is 13.8 Å². The first-order valence-electron chi connectivity index (χ1n) is 7.62. The number of rotatable bonds is 6. The molecule has 0 aliphatic heterocycles. The van der Waals surface area contributed by atoms with Crippen molar-refractivity contribution >= 4 is 34.3 Å². The van der Waals surface area contributed by atoms with Crippen LogP contribution in [0.25, 0.3) is 11.0 Å². The van der Waals surface area contributed by atoms with E-state index in [1.165, 1.54) is 6.33 Å². The zero-order valence-corrected chi connectivity index (χ0v) is 14.5. The van der Waals surface area contributed by atoms with Crippen LogP contribution in [-0.4, -0.2) is 42.9 Å². The summed E-state index contributed by atoms with van der Waals surface area (Å²) in [4.78, 5) is 16.9. The van der Waals surface area contributed by atoms with E-state index in [0.717, 1.165) is 16.9 Å². The van der Waals surface area contributed by atoms with E-state index in [0.29, 0.717) is 36.9 Å². The summed E-state index contributed by atoms with van der Waals surface area (Å²) in [6.07, 6.45) is 1.50. The van der Waals surface area contributed by atoms with Crippen molar-refractivity contribution in [2.24, 2.45) is 0 Å². The van der Waals surface area contributed by atoms with Gasteiger partial charge >= 0.3 is 0 Å². The molecule has 3 aromatic rings. The van der Waals surface area contributed by atoms with Crippen LogP contribution in [0.1, 0.15) is 18.3 Å². The standard InChI is InChI=1S/C15H18ClN7O/c1-4-24-6-5-23-13-12(10(3)22-23)20-15(16)21-14(13)19-11-7-9(2)17-8-18-11/h7-8H,4-6H2,1-3H3,(H,17,18,19,20,21). The predicted octanol–water partition coefficient (Wildman–Crippen LogP) is 2.67. The zero-order chi connectivity index (χ0) is 17.1. The Hall–Kier alpha value is -2.32. The Kier molecular flexibility index (Phi) is 4.86. The van der Waals surface area contributed by atoms with Crippen molar-refractivity contribution in [1.82, 2.24) is 29.7 Å². The summed E-state index contributed by atoms with van der Waals surface area (Å²) in [5.41, 5.74) is 3.12. The molecule has 0 radical (unpaired) electrons. The van der Waals surface area contributed by atoms with Crippen LogP contribution in [0.15, 0.2) is 12.4 Å². The molecule has 3 aromatic heterocycles. The smallest absolute Gasteiger partial charge is 0.225 e. The van der Waals surface area contributed by atoms with Gasteiger partial charge in [-0.05, 0) is 32.4 Å². The Labute approximate surface area is 144 Å². The van der Waals surface area contributed by atoms with Crippen molar-refractivity contribution < 1.29 is 4.74 Å². The number of nitrogens with zero attached hydrogens (tertiary/aromatic N) is 6. The highest BCUT2D eigenvalue weighted by molar-refractivity contribution is 6.28. The topological polar surface area (TPSA) is 90.6 Å². The molecule has 0 bridgehead atoms. The Morgan fingerprint density at radius 2 is 2.08 bits per heavy atom. The SMILES string of the molecule is CCOCCn1nc(C)c2nc(Cl)nc(Nc3cc(C)ncn3)c21. The molecule has 0 aromatic carbocycles. The van der Waals surface area contributed by atoms with Crippen LogP contribution in [0.5, 0.6) is 0 Å². The molecule has 126 valence electrons. The lowest BCUT2D eigenvalue weighted by molar-refractivity contribution is 0.137. The quantitative estimate of drug-likeness (QED) is 0.541. The number of anilines is 2. The van der Waals surface area contributed by atoms with Gasteiger partial charge in [0, 0.05) is 18.4 Å². The van der Waals surface area contributed by atoms with Crippen LogP contribution >= 0.6 is 11.6 Å². The van der Waals surface area contributed by atoms with E-state index in [9.17, 15) is 0 Å². The summed E-state index contributed by atoms with van der Waals surface area (Å²) in [5, 5.41) is 7.87. The van der Waals surface area contributed by atoms with Crippen molar-refractivity contribution in [3.8, 4) is 0 Å². The number of aromatic nitrogens is 6. The Morgan fingerprint density at radius 3 is 2.83 bits per heavy atom. The molecule has 0 fully saturated rings. The van der Waals surface area contributed by atoms with Crippen molar-refractivity contribution in [1.29, 1.82) is 0 Å². The zero-order valence-electron chi connectivity index (χ0n) is 13.7. The molecule has 0 aliphatic rings. The molecule has 0 amide bonds. The molecule has 24 heavy (non-hydrogen) atoms. The van der Waals surface area contributed by atoms with Crippen LogP contribution in [0.3, 0.4) is 0 Å². The molecule has 1 N–H and O–H groups in total. The molecule has 9 heteroatoms. The van der Waals surface area contributed by atoms with Crippen LogP contribution in [0.4, 0.5) is 11.6 Å². The maximum atomic E-state index is 6.07. The van der Waals surface area contributed by atoms with E-state index in [1.54, 1.807) is 0 Å². The second-order valence-corrected chi connectivity index (χ2v) is 5.55. The Bertz CT molecular complexity index is 864. The second kappa shape index (κ2) is 7.06. The average Bonchev–Trinajstić information content (AvgIpc) is 2.84. The minimum atomic E-state index is 0.156. The number of halogens is 1. The fourth-order valence-electron chi connectivity index (χ4n) is 2.39. The first-order valence-corrected chi connectivity index (χ1v) is 8.00. The first kappa shape index (κ1) is 16.5. The fourth-order valence-corrected chi connectivity index (χ4v) is 2.56. The number of fused-ring (bicyclic) bond motifs is 1. The molecule has 8 nitrogen and oxygen atoms in total. The molecule has 0 saturated carbocycles. The van der Waals surface area contributed by atoms with E-state index >= 15 is 0 Å². The van der Waals surface area contributed by atoms with Crippen molar-refractivity contribution in [2.45, 2.75) is 27.3 Å². The van der Waals surface area contributed by atoms with E-state index in [-0.39, 0.29) is 5.28 Å². The lowest BCUT2D eigenvalue weighted by Gasteiger charge is -2.09. The normalized spacial score (nSPS) is 11.2. The minimum Gasteiger partial charge on any atom is -0.380 e. The third-order valence-electron chi connectivity index (χ3n) is 3.43. The maximum Gasteiger partial charge on any atom is 0.225 e. The van der Waals surface area contributed by atoms with E-state index in [2.05, 4.69) is 30.4 Å². The summed E-state index contributed by atoms with van der Waals surface area (Å²) in [6.45, 7) is 7.56. The molecule has 3 rings (SSSR count). The number of ether oxygens (including phenoxy) is 1. The van der Waals surface area contributed by atoms with Gasteiger partial charge in [0.15, 0.2) is 5.82 Å². The third-order valence-corrected chi connectivity index (χ3v) is 3.60. The van der Waals surface area contributed by atoms with Gasteiger partial charge in [0.2, 0.25) is 5.28 Å². The summed E-state index contributed by atoms with van der Waals surface area (Å²) >= 11 is 6.07. The van der Waals surface area contributed by atoms with Gasteiger partial charge in [0.25, 0.3) is 0 Å². The molecular formula is C15H18ClN7O. The number of hydrogen-bond donors (Lipinski definition) is 1. The molecule has 0 atom stereocenters. The van der Waals surface area contributed by atoms with E-state index in [4.69, 9.17) is 16.3 Å². The molecule has 0 aliphatic carbocycles. The summed E-state index contributed by atoms with van der Waals surface area (Å²) in [6, 6.07) is 1.83. The Morgan fingerprint density at radius 1 is 1.25 bits per heavy atom. The van der Waals surface area contributed by atoms with Crippen LogP contribution in [-0.2, 0) is 11.3 Å². The lowest BCUT2D eigenvalue weighted by Crippen LogP contribution is -2.09. The molecule has 0 spiro atoms. The van der Waals surface area contributed by atoms with Gasteiger partial charge in [0.1, 0.15) is 23.2 Å². The van der Waals surface area contributed by atoms with Gasteiger partial charge in [-0.2, -0.15) is 10.1 Å². The molecule has 0 saturated heterocycles. The highest BCUT2D eigenvalue weighted by atomic mass is 35.5. The largest absolute Gasteiger partial charge is 0.380 e. The van der Waals surface area contributed by atoms with Crippen molar-refractivity contribution in [2.75, 3.05) is 18.5 Å². The average molecular weight is 348 g/mol. The van der Waals surface area contributed by atoms with Gasteiger partial charge in [-0.25, -0.2) is 15.0 Å². The second-order valence-electron chi connectivity index (χ2n) is 5.21. The van der Waals surface area contributed by atoms with Crippen molar-refractivity contribution in [3.63, 3.8) is 0 Å². The van der Waals surface area contributed by atoms with Crippen LogP contribution in [0.2, 0.25) is 5.28 Å². The lowest BCUT2D eigenvalue weighted by atomic mass is 10.3. The number of nitrogens with one attached hydrogen (secondary N) is 1. The number of aryl methyl sites for hydroxylation is 2. The van der Waals surface area contributed by atoms with Gasteiger partial charge in [0.05, 0.1) is 18.8 Å². The highest BCUT2D eigenvalue weighted by Gasteiger charge is 2.16. The monoisotopic (exact) mass is 347 g/mol. The van der Waals surface area contributed by atoms with Gasteiger partial charge in [-0.1, -0.05) is 0 Å². The molecule has 0 unspecified atom stereocenters. The fraction of sp³-hybridized carbons (Fsp3) is 0.400. The molecular weight excluding hydrogens is 330 g/mol. The summed E-state index contributed by atoms with van der Waals surface area (Å²) in [7, 11) is 0. The predicted molar refractivity (Wildman–Crippen MR) is 91.6 cm³/mol. The Balaban J connectivity index is 2.04. The summed E-state index contributed by atoms with van der Waals surface area (Å²) in [5.74, 6) is 1.19. The van der Waals surface area contributed by atoms with Gasteiger partial charge in [-0.3, -0.25) is 4.68 Å². The maximum absolute atomic E-state index is 6.07. The van der Waals surface area contributed by atoms with Gasteiger partial charge < -0.3 is 10.1 Å². The van der Waals surface area contributed by atoms with Crippen LogP contribution < -0.4 is 5.32 Å². The van der Waals surface area contributed by atoms with E-state index < -0.39 is 0 Å².